The number of benzene rings is 1. The second kappa shape index (κ2) is 9.03. The number of allylic oxidation sites excluding steroid dienone is 2. The monoisotopic (exact) mass is 653 g/mol. The predicted molar refractivity (Wildman–Crippen MR) is 152 cm³/mol. The van der Waals surface area contributed by atoms with Crippen LogP contribution in [0.5, 0.6) is 11.5 Å². The zero-order valence-corrected chi connectivity index (χ0v) is 25.3. The normalized spacial score (nSPS) is 38.8. The van der Waals surface area contributed by atoms with E-state index in [9.17, 15) is 18.9 Å². The summed E-state index contributed by atoms with van der Waals surface area (Å²) in [4.78, 5) is 29.5. The van der Waals surface area contributed by atoms with Crippen LogP contribution in [-0.4, -0.2) is 63.4 Å². The van der Waals surface area contributed by atoms with Crippen molar-refractivity contribution in [3.8, 4) is 11.5 Å². The topological polar surface area (TPSA) is 93.1 Å². The molecule has 2 amide bonds. The van der Waals surface area contributed by atoms with Gasteiger partial charge in [-0.25, -0.2) is 0 Å². The van der Waals surface area contributed by atoms with Gasteiger partial charge in [-0.3, -0.25) is 18.7 Å². The maximum absolute atomic E-state index is 14.5. The molecule has 38 heavy (non-hydrogen) atoms. The van der Waals surface area contributed by atoms with Gasteiger partial charge in [0.2, 0.25) is 11.8 Å². The summed E-state index contributed by atoms with van der Waals surface area (Å²) in [6.07, 6.45) is 7.32. The molecule has 0 aromatic heterocycles. The van der Waals surface area contributed by atoms with Crippen molar-refractivity contribution in [1.29, 1.82) is 0 Å². The van der Waals surface area contributed by atoms with Gasteiger partial charge >= 0.3 is 0 Å². The Bertz CT molecular complexity index is 1260. The number of aliphatic hydroxyl groups is 1. The summed E-state index contributed by atoms with van der Waals surface area (Å²) in [5.41, 5.74) is 0.348. The Kier molecular flexibility index (Phi) is 6.35. The summed E-state index contributed by atoms with van der Waals surface area (Å²) in [5, 5.41) is 11.1. The Hall–Kier alpha value is -1.46. The molecule has 4 fully saturated rings. The summed E-state index contributed by atoms with van der Waals surface area (Å²) in [6.45, 7) is 4.61. The SMILES string of the molecule is COc1cc(I)c(CCN2C(=O)[C@@H]3[C@@H]4C=C[C@@H](C4)[C@]3(S(=O)C[C@]34CC[C@H](C[C@H]3O)C4(C)C)C2=O)cc1OC. The number of carbonyl (C=O) groups is 2. The van der Waals surface area contributed by atoms with Crippen LogP contribution in [0.4, 0.5) is 0 Å². The number of ether oxygens (including phenoxy) is 2. The lowest BCUT2D eigenvalue weighted by molar-refractivity contribution is -0.140. The number of amides is 2. The first-order valence-corrected chi connectivity index (χ1v) is 15.9. The molecule has 3 saturated carbocycles. The number of fused-ring (bicyclic) bond motifs is 7. The molecule has 5 aliphatic rings. The largest absolute Gasteiger partial charge is 0.493 e. The highest BCUT2D eigenvalue weighted by atomic mass is 127. The second-order valence-electron chi connectivity index (χ2n) is 12.4. The van der Waals surface area contributed by atoms with E-state index in [4.69, 9.17) is 9.47 Å². The summed E-state index contributed by atoms with van der Waals surface area (Å²) >= 11 is 2.23. The molecular formula is C29H36INO6S. The molecule has 1 N–H and O–H groups in total. The van der Waals surface area contributed by atoms with Gasteiger partial charge in [-0.2, -0.15) is 0 Å². The van der Waals surface area contributed by atoms with Gasteiger partial charge in [0.05, 0.1) is 26.2 Å². The standard InChI is InChI=1S/C29H36INO6S/c1-27(2)18-7-9-28(27,23(32)13-18)15-38(35)29-19-6-5-17(11-19)24(29)25(33)31(26(29)34)10-8-16-12-21(36-3)22(37-4)14-20(16)30/h5-6,12,14,17-19,23-24,32H,7-11,13,15H2,1-4H3/t17-,18-,19+,23-,24+,28-,29-,38?/m1/s1. The molecule has 7 nitrogen and oxygen atoms in total. The number of carbonyl (C=O) groups excluding carboxylic acids is 2. The maximum Gasteiger partial charge on any atom is 0.249 e. The molecule has 9 heteroatoms. The van der Waals surface area contributed by atoms with E-state index in [2.05, 4.69) is 42.5 Å². The minimum absolute atomic E-state index is 0.0537. The zero-order valence-electron chi connectivity index (χ0n) is 22.4. The Morgan fingerprint density at radius 2 is 1.84 bits per heavy atom. The third-order valence-electron chi connectivity index (χ3n) is 11.0. The number of nitrogens with zero attached hydrogens (tertiary/aromatic N) is 1. The summed E-state index contributed by atoms with van der Waals surface area (Å²) in [6, 6.07) is 3.78. The highest BCUT2D eigenvalue weighted by Gasteiger charge is 2.74. The van der Waals surface area contributed by atoms with Crippen molar-refractivity contribution < 1.29 is 28.4 Å². The van der Waals surface area contributed by atoms with Gasteiger partial charge < -0.3 is 14.6 Å². The van der Waals surface area contributed by atoms with Crippen LogP contribution in [0.15, 0.2) is 24.3 Å². The van der Waals surface area contributed by atoms with Gasteiger partial charge in [0.1, 0.15) is 4.75 Å². The fourth-order valence-electron chi connectivity index (χ4n) is 8.65. The Balaban J connectivity index is 1.30. The molecule has 1 aromatic carbocycles. The van der Waals surface area contributed by atoms with Crippen LogP contribution >= 0.6 is 22.6 Å². The van der Waals surface area contributed by atoms with Crippen molar-refractivity contribution in [3.63, 3.8) is 0 Å². The number of methoxy groups -OCH3 is 2. The van der Waals surface area contributed by atoms with Crippen molar-refractivity contribution in [2.24, 2.45) is 34.5 Å². The molecule has 6 rings (SSSR count). The van der Waals surface area contributed by atoms with E-state index < -0.39 is 33.0 Å². The molecule has 4 bridgehead atoms. The van der Waals surface area contributed by atoms with Crippen LogP contribution < -0.4 is 9.47 Å². The maximum atomic E-state index is 14.5. The number of halogens is 1. The van der Waals surface area contributed by atoms with E-state index in [0.717, 1.165) is 28.4 Å². The van der Waals surface area contributed by atoms with Gasteiger partial charge in [0.15, 0.2) is 11.5 Å². The highest BCUT2D eigenvalue weighted by Crippen LogP contribution is 2.67. The molecule has 0 radical (unpaired) electrons. The number of likely N-dealkylation sites (tertiary alicyclic amines) is 1. The van der Waals surface area contributed by atoms with Crippen LogP contribution in [0, 0.1) is 38.1 Å². The van der Waals surface area contributed by atoms with Gasteiger partial charge in [-0.1, -0.05) is 26.0 Å². The Labute approximate surface area is 240 Å². The number of rotatable bonds is 8. The zero-order chi connectivity index (χ0) is 27.2. The number of hydrogen-bond donors (Lipinski definition) is 1. The van der Waals surface area contributed by atoms with Crippen molar-refractivity contribution in [3.05, 3.63) is 33.4 Å². The molecule has 1 saturated heterocycles. The number of imide groups is 1. The fourth-order valence-corrected chi connectivity index (χ4v) is 12.2. The minimum atomic E-state index is -1.59. The van der Waals surface area contributed by atoms with E-state index in [1.807, 2.05) is 18.2 Å². The first kappa shape index (κ1) is 26.7. The van der Waals surface area contributed by atoms with E-state index in [0.29, 0.717) is 30.3 Å². The van der Waals surface area contributed by atoms with Crippen LogP contribution in [0.1, 0.15) is 45.1 Å². The third-order valence-corrected chi connectivity index (χ3v) is 14.2. The van der Waals surface area contributed by atoms with Gasteiger partial charge in [0, 0.05) is 38.0 Å². The molecule has 1 aliphatic heterocycles. The number of aliphatic hydroxyl groups excluding tert-OH is 1. The van der Waals surface area contributed by atoms with Crippen molar-refractivity contribution in [2.75, 3.05) is 26.5 Å². The molecule has 8 atom stereocenters. The van der Waals surface area contributed by atoms with E-state index in [1.54, 1.807) is 14.2 Å². The van der Waals surface area contributed by atoms with Gasteiger partial charge in [-0.15, -0.1) is 0 Å². The summed E-state index contributed by atoms with van der Waals surface area (Å²) in [5.74, 6) is 0.619. The van der Waals surface area contributed by atoms with E-state index in [-0.39, 0.29) is 41.4 Å². The van der Waals surface area contributed by atoms with Gasteiger partial charge in [-0.05, 0) is 89.6 Å². The predicted octanol–water partition coefficient (Wildman–Crippen LogP) is 3.72. The Morgan fingerprint density at radius 1 is 1.13 bits per heavy atom. The van der Waals surface area contributed by atoms with Crippen LogP contribution in [0.3, 0.4) is 0 Å². The lowest BCUT2D eigenvalue weighted by Crippen LogP contribution is -2.55. The van der Waals surface area contributed by atoms with Crippen LogP contribution in [0.25, 0.3) is 0 Å². The molecule has 4 aliphatic carbocycles. The van der Waals surface area contributed by atoms with Crippen molar-refractivity contribution >= 4 is 45.2 Å². The molecular weight excluding hydrogens is 617 g/mol. The average Bonchev–Trinajstić information content (AvgIpc) is 3.64. The van der Waals surface area contributed by atoms with Crippen LogP contribution in [-0.2, 0) is 26.8 Å². The highest BCUT2D eigenvalue weighted by molar-refractivity contribution is 14.1. The first-order chi connectivity index (χ1) is 18.0. The third kappa shape index (κ3) is 3.30. The molecule has 0 spiro atoms. The molecule has 1 aromatic rings. The first-order valence-electron chi connectivity index (χ1n) is 13.5. The fraction of sp³-hybridized carbons (Fsp3) is 0.655. The van der Waals surface area contributed by atoms with E-state index in [1.165, 1.54) is 4.90 Å². The molecule has 206 valence electrons. The minimum Gasteiger partial charge on any atom is -0.493 e. The smallest absolute Gasteiger partial charge is 0.249 e. The molecule has 1 heterocycles. The summed E-state index contributed by atoms with van der Waals surface area (Å²) in [7, 11) is 1.59. The Morgan fingerprint density at radius 3 is 2.47 bits per heavy atom. The lowest BCUT2D eigenvalue weighted by Gasteiger charge is -2.43. The second-order valence-corrected chi connectivity index (χ2v) is 15.2. The van der Waals surface area contributed by atoms with E-state index >= 15 is 0 Å². The quantitative estimate of drug-likeness (QED) is 0.262. The van der Waals surface area contributed by atoms with Gasteiger partial charge in [0.25, 0.3) is 0 Å². The van der Waals surface area contributed by atoms with Crippen LogP contribution in [0.2, 0.25) is 0 Å². The van der Waals surface area contributed by atoms with Crippen molar-refractivity contribution in [1.82, 2.24) is 4.90 Å². The lowest BCUT2D eigenvalue weighted by atomic mass is 9.70. The van der Waals surface area contributed by atoms with Crippen molar-refractivity contribution in [2.45, 2.75) is 56.8 Å². The molecule has 1 unspecified atom stereocenters. The number of hydrogen-bond acceptors (Lipinski definition) is 6. The summed E-state index contributed by atoms with van der Waals surface area (Å²) < 4.78 is 25.1. The average molecular weight is 654 g/mol.